The van der Waals surface area contributed by atoms with Gasteiger partial charge in [-0.05, 0) is 17.7 Å². The lowest BCUT2D eigenvalue weighted by molar-refractivity contribution is 0.688. The largest absolute Gasteiger partial charge is 0.396 e. The van der Waals surface area contributed by atoms with Crippen LogP contribution in [0.25, 0.3) is 11.3 Å². The summed E-state index contributed by atoms with van der Waals surface area (Å²) in [5.74, 6) is 0. The van der Waals surface area contributed by atoms with E-state index in [4.69, 9.17) is 28.9 Å². The summed E-state index contributed by atoms with van der Waals surface area (Å²) < 4.78 is 4.05. The highest BCUT2D eigenvalue weighted by Crippen LogP contribution is 2.39. The average Bonchev–Trinajstić information content (AvgIpc) is 2.95. The second-order valence-electron chi connectivity index (χ2n) is 4.46. The molecule has 2 heterocycles. The molecule has 0 spiro atoms. The standard InChI is InChI=1S/C14H10BrCl2N3S/c15-10-4-2-1-3-8(10)6-20-7-11(18)13(19-20)9-5-12(16)21-14(9)17/h1-5,7H,6,18H2. The second kappa shape index (κ2) is 6.01. The van der Waals surface area contributed by atoms with Crippen molar-refractivity contribution in [2.75, 3.05) is 5.73 Å². The van der Waals surface area contributed by atoms with Crippen molar-refractivity contribution in [1.82, 2.24) is 9.78 Å². The van der Waals surface area contributed by atoms with Gasteiger partial charge in [0.2, 0.25) is 0 Å². The molecule has 21 heavy (non-hydrogen) atoms. The molecule has 0 bridgehead atoms. The third-order valence-electron chi connectivity index (χ3n) is 2.99. The van der Waals surface area contributed by atoms with Crippen LogP contribution in [0.15, 0.2) is 41.0 Å². The Balaban J connectivity index is 1.95. The Morgan fingerprint density at radius 1 is 1.29 bits per heavy atom. The van der Waals surface area contributed by atoms with Crippen molar-refractivity contribution in [3.05, 3.63) is 55.2 Å². The highest BCUT2D eigenvalue weighted by Gasteiger charge is 2.15. The molecule has 2 N–H and O–H groups in total. The van der Waals surface area contributed by atoms with Crippen LogP contribution in [0.2, 0.25) is 8.67 Å². The maximum atomic E-state index is 6.17. The molecule has 7 heteroatoms. The summed E-state index contributed by atoms with van der Waals surface area (Å²) in [5, 5.41) is 4.53. The molecule has 3 nitrogen and oxygen atoms in total. The van der Waals surface area contributed by atoms with Crippen molar-refractivity contribution in [3.63, 3.8) is 0 Å². The summed E-state index contributed by atoms with van der Waals surface area (Å²) >= 11 is 17.0. The first-order valence-corrected chi connectivity index (χ1v) is 8.42. The summed E-state index contributed by atoms with van der Waals surface area (Å²) in [4.78, 5) is 0. The lowest BCUT2D eigenvalue weighted by Gasteiger charge is -2.04. The Bertz CT molecular complexity index is 797. The number of hydrogen-bond donors (Lipinski definition) is 1. The van der Waals surface area contributed by atoms with E-state index < -0.39 is 0 Å². The SMILES string of the molecule is Nc1cn(Cc2ccccc2Br)nc1-c1cc(Cl)sc1Cl. The van der Waals surface area contributed by atoms with E-state index in [1.54, 1.807) is 16.9 Å². The number of nitrogens with two attached hydrogens (primary N) is 1. The topological polar surface area (TPSA) is 43.8 Å². The fourth-order valence-electron chi connectivity index (χ4n) is 2.03. The van der Waals surface area contributed by atoms with E-state index in [-0.39, 0.29) is 0 Å². The molecule has 0 atom stereocenters. The van der Waals surface area contributed by atoms with Gasteiger partial charge in [-0.1, -0.05) is 57.3 Å². The summed E-state index contributed by atoms with van der Waals surface area (Å²) in [6.45, 7) is 0.626. The highest BCUT2D eigenvalue weighted by atomic mass is 79.9. The lowest BCUT2D eigenvalue weighted by atomic mass is 10.2. The zero-order valence-electron chi connectivity index (χ0n) is 10.7. The molecule has 2 aromatic heterocycles. The minimum absolute atomic E-state index is 0.582. The van der Waals surface area contributed by atoms with Crippen LogP contribution >= 0.6 is 50.5 Å². The molecule has 1 aromatic carbocycles. The number of hydrogen-bond acceptors (Lipinski definition) is 3. The molecule has 3 rings (SSSR count). The van der Waals surface area contributed by atoms with Gasteiger partial charge in [-0.25, -0.2) is 0 Å². The molecule has 0 aliphatic carbocycles. The van der Waals surface area contributed by atoms with Gasteiger partial charge < -0.3 is 5.73 Å². The zero-order valence-corrected chi connectivity index (χ0v) is 14.6. The molecule has 0 saturated heterocycles. The fraction of sp³-hybridized carbons (Fsp3) is 0.0714. The van der Waals surface area contributed by atoms with E-state index in [2.05, 4.69) is 21.0 Å². The van der Waals surface area contributed by atoms with E-state index in [9.17, 15) is 0 Å². The van der Waals surface area contributed by atoms with E-state index in [1.165, 1.54) is 11.3 Å². The van der Waals surface area contributed by atoms with Crippen LogP contribution in [0, 0.1) is 0 Å². The maximum absolute atomic E-state index is 6.17. The monoisotopic (exact) mass is 401 g/mol. The van der Waals surface area contributed by atoms with Gasteiger partial charge >= 0.3 is 0 Å². The van der Waals surface area contributed by atoms with Gasteiger partial charge in [0.05, 0.1) is 16.6 Å². The van der Waals surface area contributed by atoms with Gasteiger partial charge in [-0.15, -0.1) is 11.3 Å². The van der Waals surface area contributed by atoms with Gasteiger partial charge in [0, 0.05) is 16.2 Å². The van der Waals surface area contributed by atoms with Gasteiger partial charge in [-0.2, -0.15) is 5.10 Å². The van der Waals surface area contributed by atoms with E-state index in [1.807, 2.05) is 24.3 Å². The molecular formula is C14H10BrCl2N3S. The number of nitrogens with zero attached hydrogens (tertiary/aromatic N) is 2. The quantitative estimate of drug-likeness (QED) is 0.644. The van der Waals surface area contributed by atoms with Crippen molar-refractivity contribution in [2.24, 2.45) is 0 Å². The van der Waals surface area contributed by atoms with Crippen LogP contribution in [-0.4, -0.2) is 9.78 Å². The molecule has 0 fully saturated rings. The average molecular weight is 403 g/mol. The summed E-state index contributed by atoms with van der Waals surface area (Å²) in [5.41, 5.74) is 9.19. The summed E-state index contributed by atoms with van der Waals surface area (Å²) in [7, 11) is 0. The van der Waals surface area contributed by atoms with Crippen LogP contribution in [0.5, 0.6) is 0 Å². The molecular weight excluding hydrogens is 393 g/mol. The smallest absolute Gasteiger partial charge is 0.118 e. The molecule has 0 aliphatic heterocycles. The first kappa shape index (κ1) is 14.9. The maximum Gasteiger partial charge on any atom is 0.118 e. The third kappa shape index (κ3) is 3.11. The first-order valence-electron chi connectivity index (χ1n) is 6.06. The Morgan fingerprint density at radius 3 is 2.71 bits per heavy atom. The van der Waals surface area contributed by atoms with Crippen molar-refractivity contribution in [3.8, 4) is 11.3 Å². The number of nitrogen functional groups attached to an aromatic ring is 1. The number of rotatable bonds is 3. The zero-order chi connectivity index (χ0) is 15.0. The first-order chi connectivity index (χ1) is 10.0. The molecule has 0 unspecified atom stereocenters. The van der Waals surface area contributed by atoms with E-state index in [0.29, 0.717) is 26.6 Å². The van der Waals surface area contributed by atoms with E-state index in [0.717, 1.165) is 15.6 Å². The normalized spacial score (nSPS) is 11.0. The molecule has 0 amide bonds. The molecule has 0 radical (unpaired) electrons. The Hall–Kier alpha value is -1.01. The van der Waals surface area contributed by atoms with Crippen molar-refractivity contribution in [2.45, 2.75) is 6.54 Å². The Labute approximate surface area is 144 Å². The third-order valence-corrected chi connectivity index (χ3v) is 5.25. The fourth-order valence-corrected chi connectivity index (χ4v) is 3.91. The predicted octanol–water partition coefficient (Wildman–Crippen LogP) is 5.31. The van der Waals surface area contributed by atoms with Crippen molar-refractivity contribution >= 4 is 56.2 Å². The van der Waals surface area contributed by atoms with Crippen LogP contribution in [0.4, 0.5) is 5.69 Å². The highest BCUT2D eigenvalue weighted by molar-refractivity contribution is 9.10. The predicted molar refractivity (Wildman–Crippen MR) is 93.2 cm³/mol. The lowest BCUT2D eigenvalue weighted by Crippen LogP contribution is -2.01. The van der Waals surface area contributed by atoms with E-state index >= 15 is 0 Å². The number of halogens is 3. The van der Waals surface area contributed by atoms with Crippen molar-refractivity contribution < 1.29 is 0 Å². The van der Waals surface area contributed by atoms with Gasteiger partial charge in [0.25, 0.3) is 0 Å². The molecule has 0 saturated carbocycles. The van der Waals surface area contributed by atoms with Crippen LogP contribution in [0.1, 0.15) is 5.56 Å². The van der Waals surface area contributed by atoms with Crippen LogP contribution < -0.4 is 5.73 Å². The van der Waals surface area contributed by atoms with Crippen LogP contribution in [-0.2, 0) is 6.54 Å². The minimum Gasteiger partial charge on any atom is -0.396 e. The number of thiophene rings is 1. The second-order valence-corrected chi connectivity index (χ2v) is 7.60. The van der Waals surface area contributed by atoms with Crippen LogP contribution in [0.3, 0.4) is 0 Å². The van der Waals surface area contributed by atoms with Gasteiger partial charge in [0.1, 0.15) is 10.0 Å². The van der Waals surface area contributed by atoms with Crippen molar-refractivity contribution in [1.29, 1.82) is 0 Å². The number of benzene rings is 1. The molecule has 3 aromatic rings. The molecule has 108 valence electrons. The van der Waals surface area contributed by atoms with Gasteiger partial charge in [0.15, 0.2) is 0 Å². The number of anilines is 1. The Morgan fingerprint density at radius 2 is 2.05 bits per heavy atom. The summed E-state index contributed by atoms with van der Waals surface area (Å²) in [6.07, 6.45) is 1.80. The Kier molecular flexibility index (Phi) is 4.26. The minimum atomic E-state index is 0.582. The molecule has 0 aliphatic rings. The summed E-state index contributed by atoms with van der Waals surface area (Å²) in [6, 6.07) is 9.79. The van der Waals surface area contributed by atoms with Gasteiger partial charge in [-0.3, -0.25) is 4.68 Å². The number of aromatic nitrogens is 2.